The SMILES string of the molecule is CC/C=C/C(OC(N)=O)C(Cl)C(O)CC(=O)C(O)C(OC)C(C)/C(Cl)=C/C=C/C=C(C)/C=C/C=C/C(=O)O[C@H]1C[C@H](C(=O)O)CC[C@H]1O. The molecule has 6 N–H and O–H groups in total. The Kier molecular flexibility index (Phi) is 19.9. The highest BCUT2D eigenvalue weighted by Gasteiger charge is 2.36. The minimum absolute atomic E-state index is 0.0655. The van der Waals surface area contributed by atoms with Crippen molar-refractivity contribution in [2.75, 3.05) is 7.11 Å². The second kappa shape index (κ2) is 22.4. The maximum Gasteiger partial charge on any atom is 0.405 e. The van der Waals surface area contributed by atoms with Gasteiger partial charge in [-0.3, -0.25) is 9.59 Å². The van der Waals surface area contributed by atoms with Crippen molar-refractivity contribution in [2.45, 2.75) is 94.9 Å². The number of carbonyl (C=O) groups is 4. The van der Waals surface area contributed by atoms with Crippen LogP contribution >= 0.6 is 23.2 Å². The summed E-state index contributed by atoms with van der Waals surface area (Å²) in [6.07, 6.45) is 8.38. The summed E-state index contributed by atoms with van der Waals surface area (Å²) >= 11 is 12.7. The number of esters is 1. The fourth-order valence-electron chi connectivity index (χ4n) is 4.78. The molecule has 0 spiro atoms. The molecule has 0 heterocycles. The number of primary amides is 1. The van der Waals surface area contributed by atoms with E-state index in [2.05, 4.69) is 0 Å². The molecule has 0 aromatic heterocycles. The van der Waals surface area contributed by atoms with Gasteiger partial charge in [-0.2, -0.15) is 0 Å². The molecule has 0 saturated heterocycles. The number of ether oxygens (including phenoxy) is 3. The maximum absolute atomic E-state index is 12.8. The summed E-state index contributed by atoms with van der Waals surface area (Å²) in [7, 11) is 1.31. The van der Waals surface area contributed by atoms with Crippen LogP contribution in [0.3, 0.4) is 0 Å². The van der Waals surface area contributed by atoms with Gasteiger partial charge < -0.3 is 40.4 Å². The van der Waals surface area contributed by atoms with E-state index >= 15 is 0 Å². The summed E-state index contributed by atoms with van der Waals surface area (Å²) in [6.45, 7) is 5.31. The van der Waals surface area contributed by atoms with E-state index in [0.29, 0.717) is 12.8 Å². The van der Waals surface area contributed by atoms with Crippen LogP contribution in [-0.2, 0) is 28.6 Å². The van der Waals surface area contributed by atoms with E-state index in [-0.39, 0.29) is 17.9 Å². The number of halogens is 2. The van der Waals surface area contributed by atoms with E-state index in [4.69, 9.17) is 43.1 Å². The van der Waals surface area contributed by atoms with Crippen LogP contribution < -0.4 is 5.73 Å². The number of alkyl halides is 1. The Hall–Kier alpha value is -3.26. The fraction of sp³-hybridized carbons (Fsp3) is 0.529. The second-order valence-corrected chi connectivity index (χ2v) is 12.3. The van der Waals surface area contributed by atoms with E-state index in [1.54, 1.807) is 49.5 Å². The Morgan fingerprint density at radius 2 is 1.69 bits per heavy atom. The highest BCUT2D eigenvalue weighted by molar-refractivity contribution is 6.30. The van der Waals surface area contributed by atoms with Gasteiger partial charge in [-0.15, -0.1) is 11.6 Å². The average Bonchev–Trinajstić information content (AvgIpc) is 3.03. The van der Waals surface area contributed by atoms with Gasteiger partial charge in [0.1, 0.15) is 23.7 Å². The molecule has 12 nitrogen and oxygen atoms in total. The smallest absolute Gasteiger partial charge is 0.405 e. The van der Waals surface area contributed by atoms with Gasteiger partial charge in [-0.05, 0) is 38.3 Å². The zero-order valence-electron chi connectivity index (χ0n) is 27.5. The number of rotatable bonds is 19. The molecular formula is C34H47Cl2NO11. The Morgan fingerprint density at radius 1 is 1.04 bits per heavy atom. The monoisotopic (exact) mass is 715 g/mol. The first-order chi connectivity index (χ1) is 22.6. The van der Waals surface area contributed by atoms with Crippen LogP contribution in [0.5, 0.6) is 0 Å². The van der Waals surface area contributed by atoms with Gasteiger partial charge in [0.25, 0.3) is 0 Å². The molecule has 0 aromatic rings. The number of aliphatic hydroxyl groups excluding tert-OH is 3. The molecule has 1 rings (SSSR count). The number of methoxy groups -OCH3 is 1. The van der Waals surface area contributed by atoms with Crippen LogP contribution in [0, 0.1) is 11.8 Å². The molecule has 0 aromatic carbocycles. The molecule has 6 unspecified atom stereocenters. The number of Topliss-reactive ketones (excluding diaryl/α,β-unsaturated/α-hetero) is 1. The van der Waals surface area contributed by atoms with Gasteiger partial charge >= 0.3 is 18.0 Å². The van der Waals surface area contributed by atoms with Crippen molar-refractivity contribution in [1.29, 1.82) is 0 Å². The lowest BCUT2D eigenvalue weighted by atomic mass is 9.85. The lowest BCUT2D eigenvalue weighted by Crippen LogP contribution is -2.43. The third-order valence-corrected chi connectivity index (χ3v) is 8.56. The lowest BCUT2D eigenvalue weighted by molar-refractivity contribution is -0.159. The molecule has 9 atom stereocenters. The Bertz CT molecular complexity index is 1260. The summed E-state index contributed by atoms with van der Waals surface area (Å²) in [5.41, 5.74) is 5.89. The topological polar surface area (TPSA) is 203 Å². The number of nitrogens with two attached hydrogens (primary N) is 1. The molecule has 1 saturated carbocycles. The van der Waals surface area contributed by atoms with E-state index in [1.165, 1.54) is 25.3 Å². The number of hydrogen-bond acceptors (Lipinski definition) is 10. The molecule has 0 bridgehead atoms. The summed E-state index contributed by atoms with van der Waals surface area (Å²) < 4.78 is 15.5. The van der Waals surface area contributed by atoms with Gasteiger partial charge in [0, 0.05) is 37.0 Å². The molecule has 1 aliphatic rings. The molecule has 1 aliphatic carbocycles. The van der Waals surface area contributed by atoms with Crippen molar-refractivity contribution >= 4 is 47.0 Å². The van der Waals surface area contributed by atoms with Crippen molar-refractivity contribution < 1.29 is 53.8 Å². The third-order valence-electron chi connectivity index (χ3n) is 7.55. The van der Waals surface area contributed by atoms with Crippen LogP contribution in [0.2, 0.25) is 0 Å². The van der Waals surface area contributed by atoms with Crippen LogP contribution in [0.25, 0.3) is 0 Å². The minimum Gasteiger partial charge on any atom is -0.481 e. The lowest BCUT2D eigenvalue weighted by Gasteiger charge is -2.30. The normalized spacial score (nSPS) is 23.2. The number of ketones is 1. The first-order valence-electron chi connectivity index (χ1n) is 15.5. The van der Waals surface area contributed by atoms with E-state index in [0.717, 1.165) is 5.57 Å². The fourth-order valence-corrected chi connectivity index (χ4v) is 5.20. The molecule has 268 valence electrons. The van der Waals surface area contributed by atoms with E-state index in [1.807, 2.05) is 13.8 Å². The van der Waals surface area contributed by atoms with Gasteiger partial charge in [0.05, 0.1) is 24.2 Å². The number of carboxylic acid groups (broad SMARTS) is 1. The second-order valence-electron chi connectivity index (χ2n) is 11.3. The van der Waals surface area contributed by atoms with Crippen molar-refractivity contribution in [3.05, 3.63) is 71.4 Å². The van der Waals surface area contributed by atoms with Gasteiger partial charge in [0.2, 0.25) is 0 Å². The zero-order valence-corrected chi connectivity index (χ0v) is 29.0. The summed E-state index contributed by atoms with van der Waals surface area (Å²) in [4.78, 5) is 47.3. The average molecular weight is 717 g/mol. The molecular weight excluding hydrogens is 669 g/mol. The molecule has 0 aliphatic heterocycles. The number of aliphatic carboxylic acids is 1. The Balaban J connectivity index is 2.72. The molecule has 1 amide bonds. The number of aliphatic hydroxyl groups is 3. The molecule has 14 heteroatoms. The van der Waals surface area contributed by atoms with Gasteiger partial charge in [-0.25, -0.2) is 9.59 Å². The molecule has 0 radical (unpaired) electrons. The number of carbonyl (C=O) groups excluding carboxylic acids is 3. The predicted molar refractivity (Wildman–Crippen MR) is 181 cm³/mol. The van der Waals surface area contributed by atoms with Gasteiger partial charge in [0.15, 0.2) is 5.78 Å². The van der Waals surface area contributed by atoms with Crippen molar-refractivity contribution in [3.63, 3.8) is 0 Å². The van der Waals surface area contributed by atoms with E-state index in [9.17, 15) is 39.6 Å². The Morgan fingerprint density at radius 3 is 2.29 bits per heavy atom. The zero-order chi connectivity index (χ0) is 36.4. The van der Waals surface area contributed by atoms with Crippen molar-refractivity contribution in [3.8, 4) is 0 Å². The quantitative estimate of drug-likeness (QED) is 0.0421. The number of hydrogen-bond donors (Lipinski definition) is 5. The predicted octanol–water partition coefficient (Wildman–Crippen LogP) is 4.25. The Labute approximate surface area is 291 Å². The third kappa shape index (κ3) is 15.3. The maximum atomic E-state index is 12.8. The van der Waals surface area contributed by atoms with Gasteiger partial charge in [-0.1, -0.05) is 73.6 Å². The standard InChI is InChI=1S/C34H47Cl2NO11/c1-5-6-14-27(48-34(37)45)30(36)25(39)19-26(40)31(42)32(46-4)21(3)23(35)13-9-7-11-20(2)12-8-10-15-29(41)47-28-18-22(33(43)44)16-17-24(28)38/h6-15,21-22,24-25,27-28,30-32,38-39,42H,5,16-19H2,1-4H3,(H2,37,45)(H,43,44)/b9-7+,12-8+,14-6+,15-10+,20-11+,23-13-/t21?,22-,24-,25?,27?,28+,30?,31?,32?/m1/s1. The highest BCUT2D eigenvalue weighted by atomic mass is 35.5. The van der Waals surface area contributed by atoms with Crippen molar-refractivity contribution in [1.82, 2.24) is 0 Å². The summed E-state index contributed by atoms with van der Waals surface area (Å²) in [6, 6.07) is 0. The molecule has 48 heavy (non-hydrogen) atoms. The minimum atomic E-state index is -1.65. The molecule has 1 fully saturated rings. The number of amides is 1. The van der Waals surface area contributed by atoms with Crippen LogP contribution in [-0.4, -0.2) is 93.4 Å². The summed E-state index contributed by atoms with van der Waals surface area (Å²) in [5.74, 6) is -3.70. The first-order valence-corrected chi connectivity index (χ1v) is 16.3. The number of carboxylic acids is 1. The van der Waals surface area contributed by atoms with Crippen LogP contribution in [0.4, 0.5) is 4.79 Å². The highest BCUT2D eigenvalue weighted by Crippen LogP contribution is 2.28. The van der Waals surface area contributed by atoms with Crippen LogP contribution in [0.1, 0.15) is 52.9 Å². The van der Waals surface area contributed by atoms with Crippen LogP contribution in [0.15, 0.2) is 71.4 Å². The van der Waals surface area contributed by atoms with Crippen molar-refractivity contribution in [2.24, 2.45) is 17.6 Å². The largest absolute Gasteiger partial charge is 0.481 e. The van der Waals surface area contributed by atoms with E-state index < -0.39 is 84.1 Å². The first kappa shape index (κ1) is 42.8. The summed E-state index contributed by atoms with van der Waals surface area (Å²) in [5, 5.41) is 39.5. The number of allylic oxidation sites excluding steroid dienone is 9.